The molecule has 0 aromatic heterocycles. The summed E-state index contributed by atoms with van der Waals surface area (Å²) in [4.78, 5) is 12.6. The molecule has 2 aromatic carbocycles. The predicted octanol–water partition coefficient (Wildman–Crippen LogP) is 2.94. The van der Waals surface area contributed by atoms with Crippen molar-refractivity contribution in [2.75, 3.05) is 6.54 Å². The second kappa shape index (κ2) is 10.9. The summed E-state index contributed by atoms with van der Waals surface area (Å²) >= 11 is 0. The van der Waals surface area contributed by atoms with Gasteiger partial charge in [0.05, 0.1) is 6.10 Å². The highest BCUT2D eigenvalue weighted by molar-refractivity contribution is 5.78. The van der Waals surface area contributed by atoms with Crippen LogP contribution in [0.3, 0.4) is 0 Å². The molecular formula is C23H32N2O2. The monoisotopic (exact) mass is 368 g/mol. The van der Waals surface area contributed by atoms with E-state index >= 15 is 0 Å². The molecule has 4 heteroatoms. The molecule has 0 heterocycles. The number of amides is 1. The van der Waals surface area contributed by atoms with E-state index in [0.29, 0.717) is 19.4 Å². The van der Waals surface area contributed by atoms with Crippen molar-refractivity contribution in [3.05, 3.63) is 71.8 Å². The molecule has 4 N–H and O–H groups in total. The number of nitrogens with two attached hydrogens (primary N) is 1. The van der Waals surface area contributed by atoms with Crippen LogP contribution >= 0.6 is 0 Å². The fourth-order valence-corrected chi connectivity index (χ4v) is 3.25. The van der Waals surface area contributed by atoms with E-state index in [9.17, 15) is 9.90 Å². The van der Waals surface area contributed by atoms with Gasteiger partial charge in [0.15, 0.2) is 0 Å². The molecule has 0 saturated heterocycles. The smallest absolute Gasteiger partial charge is 0.223 e. The van der Waals surface area contributed by atoms with E-state index in [1.165, 1.54) is 5.56 Å². The molecule has 0 radical (unpaired) electrons. The van der Waals surface area contributed by atoms with Crippen molar-refractivity contribution in [3.63, 3.8) is 0 Å². The highest BCUT2D eigenvalue weighted by Crippen LogP contribution is 2.20. The Hall–Kier alpha value is -2.17. The highest BCUT2D eigenvalue weighted by atomic mass is 16.3. The predicted molar refractivity (Wildman–Crippen MR) is 110 cm³/mol. The van der Waals surface area contributed by atoms with Crippen LogP contribution in [0.5, 0.6) is 0 Å². The molecule has 3 atom stereocenters. The summed E-state index contributed by atoms with van der Waals surface area (Å²) < 4.78 is 0. The van der Waals surface area contributed by atoms with Crippen molar-refractivity contribution < 1.29 is 9.90 Å². The minimum atomic E-state index is -0.711. The summed E-state index contributed by atoms with van der Waals surface area (Å²) in [6.45, 7) is 4.62. The number of hydrogen-bond acceptors (Lipinski definition) is 3. The molecule has 1 amide bonds. The molecule has 0 aliphatic rings. The molecule has 2 rings (SSSR count). The summed E-state index contributed by atoms with van der Waals surface area (Å²) in [5.41, 5.74) is 8.49. The number of carbonyl (C=O) groups excluding carboxylic acids is 1. The third kappa shape index (κ3) is 7.16. The molecule has 0 aliphatic carbocycles. The molecule has 0 unspecified atom stereocenters. The Morgan fingerprint density at radius 3 is 2.11 bits per heavy atom. The summed E-state index contributed by atoms with van der Waals surface area (Å²) in [7, 11) is 0. The van der Waals surface area contributed by atoms with Crippen LogP contribution in [-0.4, -0.2) is 29.7 Å². The first-order valence-corrected chi connectivity index (χ1v) is 9.76. The first-order valence-electron chi connectivity index (χ1n) is 9.76. The van der Waals surface area contributed by atoms with Crippen LogP contribution in [0.15, 0.2) is 60.7 Å². The maximum Gasteiger partial charge on any atom is 0.223 e. The molecule has 2 aromatic rings. The first kappa shape index (κ1) is 21.1. The lowest BCUT2D eigenvalue weighted by molar-refractivity contribution is -0.127. The third-order valence-electron chi connectivity index (χ3n) is 5.00. The van der Waals surface area contributed by atoms with Crippen LogP contribution in [0.1, 0.15) is 31.4 Å². The molecule has 0 fully saturated rings. The van der Waals surface area contributed by atoms with Crippen molar-refractivity contribution in [2.24, 2.45) is 17.6 Å². The van der Waals surface area contributed by atoms with E-state index in [0.717, 1.165) is 12.0 Å². The molecule has 146 valence electrons. The summed E-state index contributed by atoms with van der Waals surface area (Å²) in [6, 6.07) is 19.6. The number of nitrogens with one attached hydrogen (secondary N) is 1. The molecule has 27 heavy (non-hydrogen) atoms. The van der Waals surface area contributed by atoms with E-state index in [1.54, 1.807) is 0 Å². The van der Waals surface area contributed by atoms with Crippen molar-refractivity contribution in [1.82, 2.24) is 5.32 Å². The van der Waals surface area contributed by atoms with E-state index < -0.39 is 6.10 Å². The van der Waals surface area contributed by atoms with E-state index in [-0.39, 0.29) is 23.8 Å². The van der Waals surface area contributed by atoms with Gasteiger partial charge in [0.25, 0.3) is 0 Å². The van der Waals surface area contributed by atoms with Gasteiger partial charge in [0, 0.05) is 18.5 Å². The SMILES string of the molecule is CC(C)[C@@H](C[C@H](O)[C@@H](N)Cc1ccccc1)C(=O)NCCc1ccccc1. The Balaban J connectivity index is 1.84. The summed E-state index contributed by atoms with van der Waals surface area (Å²) in [5.74, 6) is -0.121. The van der Waals surface area contributed by atoms with Gasteiger partial charge < -0.3 is 16.2 Å². The fraction of sp³-hybridized carbons (Fsp3) is 0.435. The van der Waals surface area contributed by atoms with Crippen molar-refractivity contribution in [3.8, 4) is 0 Å². The van der Waals surface area contributed by atoms with Crippen LogP contribution in [0.25, 0.3) is 0 Å². The zero-order valence-electron chi connectivity index (χ0n) is 16.3. The molecule has 4 nitrogen and oxygen atoms in total. The second-order valence-corrected chi connectivity index (χ2v) is 7.53. The quantitative estimate of drug-likeness (QED) is 0.603. The Morgan fingerprint density at radius 1 is 1.00 bits per heavy atom. The van der Waals surface area contributed by atoms with Crippen LogP contribution in [0.2, 0.25) is 0 Å². The van der Waals surface area contributed by atoms with Gasteiger partial charge in [-0.2, -0.15) is 0 Å². The van der Waals surface area contributed by atoms with Gasteiger partial charge in [-0.3, -0.25) is 4.79 Å². The average molecular weight is 369 g/mol. The number of carbonyl (C=O) groups is 1. The van der Waals surface area contributed by atoms with Crippen LogP contribution in [0, 0.1) is 11.8 Å². The van der Waals surface area contributed by atoms with Gasteiger partial charge in [-0.05, 0) is 36.3 Å². The average Bonchev–Trinajstić information content (AvgIpc) is 2.67. The molecular weight excluding hydrogens is 336 g/mol. The Kier molecular flexibility index (Phi) is 8.49. The zero-order valence-corrected chi connectivity index (χ0v) is 16.3. The third-order valence-corrected chi connectivity index (χ3v) is 5.00. The molecule has 0 saturated carbocycles. The van der Waals surface area contributed by atoms with Crippen LogP contribution in [0.4, 0.5) is 0 Å². The number of aliphatic hydroxyl groups is 1. The normalized spacial score (nSPS) is 14.6. The summed E-state index contributed by atoms with van der Waals surface area (Å²) in [6.07, 6.45) is 1.07. The largest absolute Gasteiger partial charge is 0.391 e. The van der Waals surface area contributed by atoms with Gasteiger partial charge >= 0.3 is 0 Å². The minimum absolute atomic E-state index is 0.00751. The zero-order chi connectivity index (χ0) is 19.6. The first-order chi connectivity index (χ1) is 13.0. The maximum absolute atomic E-state index is 12.6. The lowest BCUT2D eigenvalue weighted by Gasteiger charge is -2.26. The van der Waals surface area contributed by atoms with E-state index in [4.69, 9.17) is 5.73 Å². The van der Waals surface area contributed by atoms with Crippen LogP contribution < -0.4 is 11.1 Å². The van der Waals surface area contributed by atoms with Crippen molar-refractivity contribution in [2.45, 2.75) is 45.3 Å². The van der Waals surface area contributed by atoms with Gasteiger partial charge in [-0.1, -0.05) is 74.5 Å². The van der Waals surface area contributed by atoms with Crippen molar-refractivity contribution >= 4 is 5.91 Å². The number of hydrogen-bond donors (Lipinski definition) is 3. The Bertz CT molecular complexity index is 673. The lowest BCUT2D eigenvalue weighted by Crippen LogP contribution is -2.42. The van der Waals surface area contributed by atoms with E-state index in [1.807, 2.05) is 62.4 Å². The Labute approximate surface area is 162 Å². The van der Waals surface area contributed by atoms with Gasteiger partial charge in [0.1, 0.15) is 0 Å². The number of rotatable bonds is 10. The topological polar surface area (TPSA) is 75.3 Å². The minimum Gasteiger partial charge on any atom is -0.391 e. The van der Waals surface area contributed by atoms with Gasteiger partial charge in [-0.25, -0.2) is 0 Å². The standard InChI is InChI=1S/C23H32N2O2/c1-17(2)20(23(27)25-14-13-18-9-5-3-6-10-18)16-22(26)21(24)15-19-11-7-4-8-12-19/h3-12,17,20-22,26H,13-16,24H2,1-2H3,(H,25,27)/t20-,21+,22+/m1/s1. The van der Waals surface area contributed by atoms with Gasteiger partial charge in [0.2, 0.25) is 5.91 Å². The fourth-order valence-electron chi connectivity index (χ4n) is 3.25. The number of benzene rings is 2. The molecule has 0 aliphatic heterocycles. The highest BCUT2D eigenvalue weighted by Gasteiger charge is 2.27. The van der Waals surface area contributed by atoms with Gasteiger partial charge in [-0.15, -0.1) is 0 Å². The summed E-state index contributed by atoms with van der Waals surface area (Å²) in [5, 5.41) is 13.6. The Morgan fingerprint density at radius 2 is 1.56 bits per heavy atom. The van der Waals surface area contributed by atoms with Crippen LogP contribution in [-0.2, 0) is 17.6 Å². The lowest BCUT2D eigenvalue weighted by atomic mass is 9.86. The molecule has 0 bridgehead atoms. The maximum atomic E-state index is 12.6. The number of aliphatic hydroxyl groups excluding tert-OH is 1. The second-order valence-electron chi connectivity index (χ2n) is 7.53. The molecule has 0 spiro atoms. The van der Waals surface area contributed by atoms with E-state index in [2.05, 4.69) is 17.4 Å². The van der Waals surface area contributed by atoms with Crippen molar-refractivity contribution in [1.29, 1.82) is 0 Å².